The zero-order valence-electron chi connectivity index (χ0n) is 2.59. The molecule has 0 aliphatic carbocycles. The average molecular weight is 122 g/mol. The van der Waals surface area contributed by atoms with Crippen molar-refractivity contribution in [1.82, 2.24) is 0 Å². The fraction of sp³-hybridized carbons (Fsp3) is 0. The summed E-state index contributed by atoms with van der Waals surface area (Å²) in [5.74, 6) is 0. The van der Waals surface area contributed by atoms with Crippen LogP contribution in [0.2, 0.25) is 0 Å². The topological polar surface area (TPSA) is 0 Å². The molecule has 0 aliphatic rings. The first-order valence-electron chi connectivity index (χ1n) is 0.884. The Kier molecular flexibility index (Phi) is 3.89. The Labute approximate surface area is 35.3 Å². The predicted molar refractivity (Wildman–Crippen MR) is 20.1 cm³/mol. The van der Waals surface area contributed by atoms with Gasteiger partial charge in [0.05, 0.1) is 0 Å². The van der Waals surface area contributed by atoms with Crippen molar-refractivity contribution in [2.75, 3.05) is 0 Å². The molecule has 0 heterocycles. The van der Waals surface area contributed by atoms with E-state index in [2.05, 4.69) is 6.58 Å². The zero-order chi connectivity index (χ0) is 3.41. The first-order chi connectivity index (χ1) is 1.91. The van der Waals surface area contributed by atoms with Crippen molar-refractivity contribution in [3.63, 3.8) is 0 Å². The molecule has 0 atom stereocenters. The van der Waals surface area contributed by atoms with Gasteiger partial charge >= 0.3 is 34.7 Å². The fourth-order valence-corrected chi connectivity index (χ4v) is 0. The van der Waals surface area contributed by atoms with Gasteiger partial charge in [-0.3, -0.25) is 0 Å². The standard InChI is InChI=1S/C2H3.Cu.H3Si/c1-2;;/h1H,2H2;;1H3. The minimum absolute atomic E-state index is 1.18. The number of hydrogen-bond donors (Lipinski definition) is 0. The van der Waals surface area contributed by atoms with E-state index in [0.717, 1.165) is 0 Å². The minimum atomic E-state index is 1.18. The van der Waals surface area contributed by atoms with Crippen molar-refractivity contribution < 1.29 is 14.3 Å². The summed E-state index contributed by atoms with van der Waals surface area (Å²) in [6.45, 7) is 3.47. The summed E-state index contributed by atoms with van der Waals surface area (Å²) in [4.78, 5) is 1.84. The van der Waals surface area contributed by atoms with E-state index in [-0.39, 0.29) is 0 Å². The molecule has 2 heteroatoms. The van der Waals surface area contributed by atoms with Gasteiger partial charge in [0.1, 0.15) is 0 Å². The zero-order valence-corrected chi connectivity index (χ0v) is 5.53. The van der Waals surface area contributed by atoms with E-state index in [1.807, 2.05) is 19.3 Å². The van der Waals surface area contributed by atoms with Gasteiger partial charge in [-0.1, -0.05) is 0 Å². The second kappa shape index (κ2) is 3.48. The Morgan fingerprint density at radius 2 is 2.25 bits per heavy atom. The van der Waals surface area contributed by atoms with Gasteiger partial charge < -0.3 is 0 Å². The maximum absolute atomic E-state index is 3.47. The first kappa shape index (κ1) is 4.48. The van der Waals surface area contributed by atoms with Crippen LogP contribution in [0, 0.1) is 0 Å². The summed E-state index contributed by atoms with van der Waals surface area (Å²) in [7, 11) is 1.18. The van der Waals surface area contributed by atoms with Crippen molar-refractivity contribution in [3.05, 3.63) is 11.6 Å². The number of hydrogen-bond acceptors (Lipinski definition) is 0. The molecule has 0 saturated carbocycles. The van der Waals surface area contributed by atoms with Gasteiger partial charge in [-0.05, 0) is 0 Å². The Hall–Kier alpha value is 0.476. The van der Waals surface area contributed by atoms with Crippen molar-refractivity contribution in [3.8, 4) is 0 Å². The molecular formula is C2H6CuSi. The van der Waals surface area contributed by atoms with E-state index in [0.29, 0.717) is 0 Å². The van der Waals surface area contributed by atoms with Crippen LogP contribution in [-0.4, -0.2) is 8.85 Å². The van der Waals surface area contributed by atoms with E-state index in [1.165, 1.54) is 8.85 Å². The molecule has 0 bridgehead atoms. The van der Waals surface area contributed by atoms with E-state index in [1.54, 1.807) is 0 Å². The third-order valence-electron chi connectivity index (χ3n) is 0.123. The van der Waals surface area contributed by atoms with Crippen LogP contribution < -0.4 is 0 Å². The molecule has 4 heavy (non-hydrogen) atoms. The Morgan fingerprint density at radius 1 is 2.00 bits per heavy atom. The van der Waals surface area contributed by atoms with Crippen molar-refractivity contribution in [1.29, 1.82) is 0 Å². The van der Waals surface area contributed by atoms with Gasteiger partial charge in [0.15, 0.2) is 0 Å². The molecule has 0 nitrogen and oxygen atoms in total. The molecule has 0 rings (SSSR count). The first-order valence-corrected chi connectivity index (χ1v) is 4.86. The molecule has 0 saturated heterocycles. The quantitative estimate of drug-likeness (QED) is 0.411. The SMILES string of the molecule is C=[CH][Cu][SiH3]. The summed E-state index contributed by atoms with van der Waals surface area (Å²) in [6.07, 6.45) is 0. The average Bonchev–Trinajstić information content (AvgIpc) is 1.37. The second-order valence-corrected chi connectivity index (χ2v) is 2.66. The van der Waals surface area contributed by atoms with E-state index in [9.17, 15) is 0 Å². The van der Waals surface area contributed by atoms with E-state index >= 15 is 0 Å². The van der Waals surface area contributed by atoms with Crippen LogP contribution in [-0.2, 0) is 14.3 Å². The predicted octanol–water partition coefficient (Wildman–Crippen LogP) is -0.507. The van der Waals surface area contributed by atoms with Crippen LogP contribution >= 0.6 is 0 Å². The van der Waals surface area contributed by atoms with Gasteiger partial charge in [0, 0.05) is 0 Å². The molecule has 0 aromatic rings. The summed E-state index contributed by atoms with van der Waals surface area (Å²) >= 11 is 1.83. The van der Waals surface area contributed by atoms with Crippen molar-refractivity contribution in [2.24, 2.45) is 0 Å². The van der Waals surface area contributed by atoms with Crippen molar-refractivity contribution in [2.45, 2.75) is 0 Å². The van der Waals surface area contributed by atoms with Crippen LogP contribution in [0.15, 0.2) is 11.6 Å². The van der Waals surface area contributed by atoms with Crippen LogP contribution in [0.5, 0.6) is 0 Å². The molecule has 0 aromatic carbocycles. The molecule has 0 aromatic heterocycles. The van der Waals surface area contributed by atoms with Gasteiger partial charge in [-0.2, -0.15) is 0 Å². The summed E-state index contributed by atoms with van der Waals surface area (Å²) in [5.41, 5.74) is 0. The summed E-state index contributed by atoms with van der Waals surface area (Å²) in [6, 6.07) is 0. The Morgan fingerprint density at radius 3 is 2.25 bits per heavy atom. The van der Waals surface area contributed by atoms with Crippen LogP contribution in [0.1, 0.15) is 0 Å². The summed E-state index contributed by atoms with van der Waals surface area (Å²) < 4.78 is 0. The molecule has 0 amide bonds. The molecule has 0 N–H and O–H groups in total. The fourth-order valence-electron chi connectivity index (χ4n) is 0. The molecule has 0 aliphatic heterocycles. The molecule has 0 radical (unpaired) electrons. The molecule has 0 spiro atoms. The maximum atomic E-state index is 3.47. The van der Waals surface area contributed by atoms with Crippen molar-refractivity contribution >= 4 is 8.85 Å². The van der Waals surface area contributed by atoms with Gasteiger partial charge in [0.25, 0.3) is 0 Å². The molecule has 0 fully saturated rings. The van der Waals surface area contributed by atoms with E-state index < -0.39 is 0 Å². The van der Waals surface area contributed by atoms with Crippen LogP contribution in [0.25, 0.3) is 0 Å². The normalized spacial score (nSPS) is 8.00. The number of rotatable bonds is 1. The Balaban J connectivity index is 2.30. The van der Waals surface area contributed by atoms with Crippen LogP contribution in [0.3, 0.4) is 0 Å². The third kappa shape index (κ3) is 2.48. The third-order valence-corrected chi connectivity index (χ3v) is 1.52. The second-order valence-electron chi connectivity index (χ2n) is 0.297. The van der Waals surface area contributed by atoms with E-state index in [4.69, 9.17) is 0 Å². The van der Waals surface area contributed by atoms with Crippen LogP contribution in [0.4, 0.5) is 0 Å². The van der Waals surface area contributed by atoms with Gasteiger partial charge in [-0.15, -0.1) is 0 Å². The monoisotopic (exact) mass is 121 g/mol. The molecule has 29 valence electrons. The molecule has 0 unspecified atom stereocenters. The Bertz CT molecular complexity index is 20.0. The van der Waals surface area contributed by atoms with Gasteiger partial charge in [-0.25, -0.2) is 0 Å². The molecular weight excluding hydrogens is 116 g/mol. The van der Waals surface area contributed by atoms with Gasteiger partial charge in [0.2, 0.25) is 0 Å². The summed E-state index contributed by atoms with van der Waals surface area (Å²) in [5, 5.41) is 0.